The van der Waals surface area contributed by atoms with E-state index in [1.54, 1.807) is 43.1 Å². The van der Waals surface area contributed by atoms with Gasteiger partial charge in [0.25, 0.3) is 5.91 Å². The molecule has 2 aromatic carbocycles. The zero-order valence-corrected chi connectivity index (χ0v) is 17.7. The van der Waals surface area contributed by atoms with Crippen LogP contribution in [0.1, 0.15) is 35.8 Å². The molecule has 1 aliphatic heterocycles. The van der Waals surface area contributed by atoms with E-state index in [2.05, 4.69) is 10.6 Å². The molecule has 0 aliphatic carbocycles. The van der Waals surface area contributed by atoms with Gasteiger partial charge >= 0.3 is 5.97 Å². The molecule has 30 heavy (non-hydrogen) atoms. The van der Waals surface area contributed by atoms with Crippen molar-refractivity contribution in [2.24, 2.45) is 0 Å². The van der Waals surface area contributed by atoms with Gasteiger partial charge in [-0.15, -0.1) is 0 Å². The lowest BCUT2D eigenvalue weighted by molar-refractivity contribution is -0.139. The highest BCUT2D eigenvalue weighted by Crippen LogP contribution is 2.31. The van der Waals surface area contributed by atoms with E-state index in [1.165, 1.54) is 24.3 Å². The second-order valence-electron chi connectivity index (χ2n) is 6.75. The monoisotopic (exact) mass is 427 g/mol. The third-order valence-electron chi connectivity index (χ3n) is 4.84. The second kappa shape index (κ2) is 9.04. The molecule has 8 heteroatoms. The van der Waals surface area contributed by atoms with Gasteiger partial charge in [0.1, 0.15) is 5.82 Å². The highest BCUT2D eigenvalue weighted by atomic mass is 32.1. The number of allylic oxidation sites excluding steroid dienone is 1. The fourth-order valence-electron chi connectivity index (χ4n) is 3.15. The summed E-state index contributed by atoms with van der Waals surface area (Å²) in [6, 6.07) is 12.0. The van der Waals surface area contributed by atoms with Crippen molar-refractivity contribution in [3.63, 3.8) is 0 Å². The van der Waals surface area contributed by atoms with Crippen molar-refractivity contribution in [3.05, 3.63) is 76.7 Å². The number of benzene rings is 2. The van der Waals surface area contributed by atoms with Gasteiger partial charge in [-0.05, 0) is 62.0 Å². The molecule has 1 amide bonds. The van der Waals surface area contributed by atoms with E-state index in [0.29, 0.717) is 22.1 Å². The topological polar surface area (TPSA) is 70.7 Å². The Bertz CT molecular complexity index is 1020. The molecule has 156 valence electrons. The smallest absolute Gasteiger partial charge is 0.338 e. The third kappa shape index (κ3) is 4.49. The van der Waals surface area contributed by atoms with Gasteiger partial charge in [-0.1, -0.05) is 18.2 Å². The van der Waals surface area contributed by atoms with Gasteiger partial charge in [-0.25, -0.2) is 9.18 Å². The van der Waals surface area contributed by atoms with Crippen LogP contribution in [0.5, 0.6) is 0 Å². The summed E-state index contributed by atoms with van der Waals surface area (Å²) < 4.78 is 18.6. The number of hydrogen-bond donors (Lipinski definition) is 2. The predicted molar refractivity (Wildman–Crippen MR) is 116 cm³/mol. The van der Waals surface area contributed by atoms with Crippen molar-refractivity contribution in [2.45, 2.75) is 19.9 Å². The number of esters is 1. The first-order valence-electron chi connectivity index (χ1n) is 9.40. The van der Waals surface area contributed by atoms with Crippen LogP contribution in [-0.4, -0.2) is 35.5 Å². The standard InChI is InChI=1S/C22H22FN3O3S/c1-4-29-21(28)18-13(2)26(3)22(30)25-19(18)14-8-10-17(11-9-14)24-20(27)15-6-5-7-16(23)12-15/h5-12,19H,4H2,1-3H3,(H,24,27)(H,25,30). The highest BCUT2D eigenvalue weighted by Gasteiger charge is 2.33. The molecular formula is C22H22FN3O3S. The lowest BCUT2D eigenvalue weighted by atomic mass is 9.95. The molecule has 1 heterocycles. The maximum atomic E-state index is 13.3. The van der Waals surface area contributed by atoms with Crippen LogP contribution in [0.15, 0.2) is 59.8 Å². The number of ether oxygens (including phenoxy) is 1. The van der Waals surface area contributed by atoms with Gasteiger partial charge in [0.05, 0.1) is 18.2 Å². The second-order valence-corrected chi connectivity index (χ2v) is 7.13. The molecule has 0 aromatic heterocycles. The van der Waals surface area contributed by atoms with Crippen LogP contribution >= 0.6 is 12.2 Å². The number of amides is 1. The van der Waals surface area contributed by atoms with Crippen LogP contribution in [0.3, 0.4) is 0 Å². The minimum Gasteiger partial charge on any atom is -0.463 e. The SMILES string of the molecule is CCOC(=O)C1=C(C)N(C)C(=S)NC1c1ccc(NC(=O)c2cccc(F)c2)cc1. The molecule has 2 N–H and O–H groups in total. The van der Waals surface area contributed by atoms with Gasteiger partial charge in [-0.2, -0.15) is 0 Å². The molecule has 2 aromatic rings. The number of nitrogens with one attached hydrogen (secondary N) is 2. The van der Waals surface area contributed by atoms with Crippen molar-refractivity contribution in [3.8, 4) is 0 Å². The molecule has 6 nitrogen and oxygen atoms in total. The zero-order valence-electron chi connectivity index (χ0n) is 16.9. The summed E-state index contributed by atoms with van der Waals surface area (Å²) in [7, 11) is 1.78. The van der Waals surface area contributed by atoms with Gasteiger partial charge in [0.2, 0.25) is 0 Å². The molecule has 1 atom stereocenters. The number of halogens is 1. The first-order valence-corrected chi connectivity index (χ1v) is 9.81. The molecule has 0 saturated heterocycles. The molecule has 3 rings (SSSR count). The summed E-state index contributed by atoms with van der Waals surface area (Å²) >= 11 is 5.38. The Hall–Kier alpha value is -3.26. The lowest BCUT2D eigenvalue weighted by Crippen LogP contribution is -2.46. The predicted octanol–water partition coefficient (Wildman–Crippen LogP) is 3.78. The van der Waals surface area contributed by atoms with Gasteiger partial charge in [0.15, 0.2) is 5.11 Å². The van der Waals surface area contributed by atoms with E-state index in [0.717, 1.165) is 5.56 Å². The number of nitrogens with zero attached hydrogens (tertiary/aromatic N) is 1. The first kappa shape index (κ1) is 21.4. The van der Waals surface area contributed by atoms with Crippen LogP contribution < -0.4 is 10.6 Å². The minimum absolute atomic E-state index is 0.226. The number of anilines is 1. The normalized spacial score (nSPS) is 16.2. The van der Waals surface area contributed by atoms with E-state index >= 15 is 0 Å². The molecule has 0 fully saturated rings. The van der Waals surface area contributed by atoms with Gasteiger partial charge in [-0.3, -0.25) is 4.79 Å². The quantitative estimate of drug-likeness (QED) is 0.559. The summed E-state index contributed by atoms with van der Waals surface area (Å²) in [5, 5.41) is 6.39. The van der Waals surface area contributed by atoms with Crippen LogP contribution in [-0.2, 0) is 9.53 Å². The Morgan fingerprint density at radius 2 is 1.93 bits per heavy atom. The Balaban J connectivity index is 1.84. The van der Waals surface area contributed by atoms with Crippen molar-refractivity contribution >= 4 is 34.9 Å². The van der Waals surface area contributed by atoms with Gasteiger partial charge < -0.3 is 20.3 Å². The van der Waals surface area contributed by atoms with Crippen molar-refractivity contribution in [1.29, 1.82) is 0 Å². The van der Waals surface area contributed by atoms with Crippen LogP contribution in [0.25, 0.3) is 0 Å². The summed E-state index contributed by atoms with van der Waals surface area (Å²) in [5.41, 5.74) is 2.75. The maximum absolute atomic E-state index is 13.3. The Morgan fingerprint density at radius 1 is 1.23 bits per heavy atom. The van der Waals surface area contributed by atoms with Crippen LogP contribution in [0, 0.1) is 5.82 Å². The average Bonchev–Trinajstić information content (AvgIpc) is 2.72. The number of rotatable bonds is 5. The Morgan fingerprint density at radius 3 is 2.57 bits per heavy atom. The van der Waals surface area contributed by atoms with E-state index in [9.17, 15) is 14.0 Å². The zero-order chi connectivity index (χ0) is 21.8. The van der Waals surface area contributed by atoms with E-state index in [4.69, 9.17) is 17.0 Å². The molecule has 0 spiro atoms. The molecule has 1 unspecified atom stereocenters. The molecule has 0 radical (unpaired) electrons. The van der Waals surface area contributed by atoms with E-state index < -0.39 is 23.7 Å². The number of carbonyl (C=O) groups is 2. The van der Waals surface area contributed by atoms with Crippen molar-refractivity contribution in [1.82, 2.24) is 10.2 Å². The van der Waals surface area contributed by atoms with Crippen molar-refractivity contribution < 1.29 is 18.7 Å². The van der Waals surface area contributed by atoms with Gasteiger partial charge in [0, 0.05) is 24.0 Å². The lowest BCUT2D eigenvalue weighted by Gasteiger charge is -2.35. The fraction of sp³-hybridized carbons (Fsp3) is 0.227. The first-order chi connectivity index (χ1) is 14.3. The highest BCUT2D eigenvalue weighted by molar-refractivity contribution is 7.80. The maximum Gasteiger partial charge on any atom is 0.338 e. The van der Waals surface area contributed by atoms with E-state index in [1.807, 2.05) is 6.92 Å². The van der Waals surface area contributed by atoms with Crippen molar-refractivity contribution in [2.75, 3.05) is 19.0 Å². The fourth-order valence-corrected chi connectivity index (χ4v) is 3.41. The summed E-state index contributed by atoms with van der Waals surface area (Å²) in [4.78, 5) is 26.6. The molecule has 1 aliphatic rings. The molecule has 0 bridgehead atoms. The Kier molecular flexibility index (Phi) is 6.47. The summed E-state index contributed by atoms with van der Waals surface area (Å²) in [6.07, 6.45) is 0. The van der Waals surface area contributed by atoms with E-state index in [-0.39, 0.29) is 12.2 Å². The van der Waals surface area contributed by atoms with Crippen LogP contribution in [0.2, 0.25) is 0 Å². The third-order valence-corrected chi connectivity index (χ3v) is 5.23. The Labute approximate surface area is 179 Å². The summed E-state index contributed by atoms with van der Waals surface area (Å²) in [6.45, 7) is 3.84. The number of hydrogen-bond acceptors (Lipinski definition) is 4. The number of carbonyl (C=O) groups excluding carboxylic acids is 2. The summed E-state index contributed by atoms with van der Waals surface area (Å²) in [5.74, 6) is -1.30. The van der Waals surface area contributed by atoms with Crippen LogP contribution in [0.4, 0.5) is 10.1 Å². The average molecular weight is 428 g/mol. The molecular weight excluding hydrogens is 405 g/mol. The molecule has 0 saturated carbocycles. The largest absolute Gasteiger partial charge is 0.463 e. The minimum atomic E-state index is -0.476. The number of thiocarbonyl (C=S) groups is 1.